The predicted molar refractivity (Wildman–Crippen MR) is 55.4 cm³/mol. The highest BCUT2D eigenvalue weighted by Gasteiger charge is 2.20. The lowest BCUT2D eigenvalue weighted by Crippen LogP contribution is -2.21. The number of carboxylic acid groups (broad SMARTS) is 1. The lowest BCUT2D eigenvalue weighted by molar-refractivity contribution is -0.140. The van der Waals surface area contributed by atoms with E-state index >= 15 is 0 Å². The minimum atomic E-state index is -3.12. The molecule has 0 fully saturated rings. The Morgan fingerprint density at radius 3 is 2.33 bits per heavy atom. The van der Waals surface area contributed by atoms with Gasteiger partial charge in [-0.25, -0.2) is 13.2 Å². The van der Waals surface area contributed by atoms with E-state index in [1.807, 2.05) is 0 Å². The van der Waals surface area contributed by atoms with Crippen LogP contribution in [0.5, 0.6) is 0 Å². The summed E-state index contributed by atoms with van der Waals surface area (Å²) < 4.78 is 23.3. The van der Waals surface area contributed by atoms with Crippen LogP contribution >= 0.6 is 0 Å². The molecule has 0 aliphatic rings. The lowest BCUT2D eigenvalue weighted by atomic mass is 10.2. The average molecular weight is 231 g/mol. The molecule has 0 aromatic carbocycles. The van der Waals surface area contributed by atoms with Crippen LogP contribution in [-0.2, 0) is 14.6 Å². The summed E-state index contributed by atoms with van der Waals surface area (Å²) in [7, 11) is -3.12. The molecule has 6 heteroatoms. The molecule has 0 aliphatic heterocycles. The first-order valence-electron chi connectivity index (χ1n) is 4.43. The first-order valence-corrected chi connectivity index (χ1v) is 6.49. The highest BCUT2D eigenvalue weighted by Crippen LogP contribution is 2.13. The minimum absolute atomic E-state index is 0.0862. The summed E-state index contributed by atoms with van der Waals surface area (Å²) in [4.78, 5) is 10.9. The van der Waals surface area contributed by atoms with E-state index in [0.717, 1.165) is 6.26 Å². The van der Waals surface area contributed by atoms with E-state index in [1.54, 1.807) is 24.5 Å². The van der Waals surface area contributed by atoms with Gasteiger partial charge < -0.3 is 9.67 Å². The number of hydrogen-bond acceptors (Lipinski definition) is 3. The third kappa shape index (κ3) is 3.75. The standard InChI is InChI=1S/C9H13NO4S/c1-15(13,14)7-4-8(9(11)12)10-5-2-3-6-10/h2-3,5-6,8H,4,7H2,1H3,(H,11,12)/t8-/m0/s1. The molecular weight excluding hydrogens is 218 g/mol. The lowest BCUT2D eigenvalue weighted by Gasteiger charge is -2.13. The third-order valence-electron chi connectivity index (χ3n) is 2.03. The number of carboxylic acids is 1. The maximum atomic E-state index is 10.9. The van der Waals surface area contributed by atoms with Crippen LogP contribution in [0.15, 0.2) is 24.5 Å². The van der Waals surface area contributed by atoms with Crippen molar-refractivity contribution in [2.45, 2.75) is 12.5 Å². The molecule has 0 spiro atoms. The number of sulfone groups is 1. The molecule has 1 atom stereocenters. The SMILES string of the molecule is CS(=O)(=O)CC[C@@H](C(=O)O)n1cccc1. The number of hydrogen-bond donors (Lipinski definition) is 1. The van der Waals surface area contributed by atoms with Crippen LogP contribution in [0.4, 0.5) is 0 Å². The molecule has 0 saturated heterocycles. The van der Waals surface area contributed by atoms with Crippen molar-refractivity contribution >= 4 is 15.8 Å². The molecule has 84 valence electrons. The monoisotopic (exact) mass is 231 g/mol. The molecule has 0 bridgehead atoms. The van der Waals surface area contributed by atoms with Crippen molar-refractivity contribution in [2.24, 2.45) is 0 Å². The zero-order valence-corrected chi connectivity index (χ0v) is 9.14. The maximum Gasteiger partial charge on any atom is 0.326 e. The van der Waals surface area contributed by atoms with Gasteiger partial charge in [0.05, 0.1) is 5.75 Å². The fraction of sp³-hybridized carbons (Fsp3) is 0.444. The average Bonchev–Trinajstić information content (AvgIpc) is 2.54. The normalized spacial score (nSPS) is 13.7. The van der Waals surface area contributed by atoms with Crippen molar-refractivity contribution in [3.8, 4) is 0 Å². The largest absolute Gasteiger partial charge is 0.480 e. The van der Waals surface area contributed by atoms with Crippen molar-refractivity contribution in [1.82, 2.24) is 4.57 Å². The Kier molecular flexibility index (Phi) is 3.52. The van der Waals surface area contributed by atoms with Crippen molar-refractivity contribution < 1.29 is 18.3 Å². The van der Waals surface area contributed by atoms with Crippen molar-refractivity contribution in [2.75, 3.05) is 12.0 Å². The Morgan fingerprint density at radius 2 is 1.93 bits per heavy atom. The Labute approximate surface area is 88.3 Å². The summed E-state index contributed by atoms with van der Waals surface area (Å²) in [5.41, 5.74) is 0. The summed E-state index contributed by atoms with van der Waals surface area (Å²) in [5, 5.41) is 8.93. The summed E-state index contributed by atoms with van der Waals surface area (Å²) in [6, 6.07) is 2.60. The molecular formula is C9H13NO4S. The number of carbonyl (C=O) groups is 1. The third-order valence-corrected chi connectivity index (χ3v) is 3.01. The molecule has 5 nitrogen and oxygen atoms in total. The van der Waals surface area contributed by atoms with Crippen LogP contribution in [0.2, 0.25) is 0 Å². The van der Waals surface area contributed by atoms with E-state index in [2.05, 4.69) is 0 Å². The van der Waals surface area contributed by atoms with Gasteiger partial charge in [-0.2, -0.15) is 0 Å². The summed E-state index contributed by atoms with van der Waals surface area (Å²) in [5.74, 6) is -1.14. The van der Waals surface area contributed by atoms with Crippen LogP contribution in [0.25, 0.3) is 0 Å². The van der Waals surface area contributed by atoms with Gasteiger partial charge in [0.25, 0.3) is 0 Å². The molecule has 1 heterocycles. The molecule has 0 radical (unpaired) electrons. The fourth-order valence-electron chi connectivity index (χ4n) is 1.28. The van der Waals surface area contributed by atoms with Gasteiger partial charge in [-0.15, -0.1) is 0 Å². The van der Waals surface area contributed by atoms with Gasteiger partial charge in [0.2, 0.25) is 0 Å². The Hall–Kier alpha value is -1.30. The molecule has 1 aromatic rings. The zero-order valence-electron chi connectivity index (χ0n) is 8.33. The molecule has 1 rings (SSSR count). The topological polar surface area (TPSA) is 76.4 Å². The molecule has 1 aromatic heterocycles. The maximum absolute atomic E-state index is 10.9. The second kappa shape index (κ2) is 4.48. The summed E-state index contributed by atoms with van der Waals surface area (Å²) in [6.45, 7) is 0. The molecule has 0 aliphatic carbocycles. The number of rotatable bonds is 5. The summed E-state index contributed by atoms with van der Waals surface area (Å²) in [6.07, 6.45) is 4.41. The highest BCUT2D eigenvalue weighted by molar-refractivity contribution is 7.90. The second-order valence-corrected chi connectivity index (χ2v) is 5.66. The highest BCUT2D eigenvalue weighted by atomic mass is 32.2. The van der Waals surface area contributed by atoms with E-state index in [-0.39, 0.29) is 12.2 Å². The predicted octanol–water partition coefficient (Wildman–Crippen LogP) is 0.548. The van der Waals surface area contributed by atoms with Gasteiger partial charge in [0.1, 0.15) is 15.9 Å². The van der Waals surface area contributed by atoms with Crippen LogP contribution in [0.3, 0.4) is 0 Å². The van der Waals surface area contributed by atoms with Crippen LogP contribution in [0.1, 0.15) is 12.5 Å². The van der Waals surface area contributed by atoms with Crippen LogP contribution in [0, 0.1) is 0 Å². The molecule has 0 amide bonds. The molecule has 15 heavy (non-hydrogen) atoms. The number of aliphatic carboxylic acids is 1. The summed E-state index contributed by atoms with van der Waals surface area (Å²) >= 11 is 0. The minimum Gasteiger partial charge on any atom is -0.480 e. The Balaban J connectivity index is 2.73. The number of nitrogens with zero attached hydrogens (tertiary/aromatic N) is 1. The van der Waals surface area contributed by atoms with Crippen molar-refractivity contribution in [1.29, 1.82) is 0 Å². The van der Waals surface area contributed by atoms with Gasteiger partial charge in [-0.05, 0) is 18.6 Å². The smallest absolute Gasteiger partial charge is 0.326 e. The Morgan fingerprint density at radius 1 is 1.40 bits per heavy atom. The second-order valence-electron chi connectivity index (χ2n) is 3.40. The first kappa shape index (κ1) is 11.8. The van der Waals surface area contributed by atoms with E-state index in [9.17, 15) is 13.2 Å². The van der Waals surface area contributed by atoms with E-state index in [1.165, 1.54) is 4.57 Å². The van der Waals surface area contributed by atoms with Crippen molar-refractivity contribution in [3.63, 3.8) is 0 Å². The van der Waals surface area contributed by atoms with Gasteiger partial charge in [-0.1, -0.05) is 0 Å². The van der Waals surface area contributed by atoms with E-state index in [4.69, 9.17) is 5.11 Å². The van der Waals surface area contributed by atoms with Gasteiger partial charge in [0, 0.05) is 18.6 Å². The molecule has 1 N–H and O–H groups in total. The van der Waals surface area contributed by atoms with Gasteiger partial charge in [-0.3, -0.25) is 0 Å². The first-order chi connectivity index (χ1) is 6.90. The Bertz CT molecular complexity index is 421. The van der Waals surface area contributed by atoms with E-state index < -0.39 is 21.8 Å². The van der Waals surface area contributed by atoms with Crippen molar-refractivity contribution in [3.05, 3.63) is 24.5 Å². The number of aromatic nitrogens is 1. The van der Waals surface area contributed by atoms with Crippen LogP contribution in [-0.4, -0.2) is 36.1 Å². The quantitative estimate of drug-likeness (QED) is 0.802. The fourth-order valence-corrected chi connectivity index (χ4v) is 1.93. The van der Waals surface area contributed by atoms with Crippen LogP contribution < -0.4 is 0 Å². The van der Waals surface area contributed by atoms with Gasteiger partial charge in [0.15, 0.2) is 0 Å². The van der Waals surface area contributed by atoms with E-state index in [0.29, 0.717) is 0 Å². The molecule has 0 saturated carbocycles. The van der Waals surface area contributed by atoms with Gasteiger partial charge >= 0.3 is 5.97 Å². The zero-order chi connectivity index (χ0) is 11.5. The molecule has 0 unspecified atom stereocenters.